The Hall–Kier alpha value is -0.440. The van der Waals surface area contributed by atoms with Crippen molar-refractivity contribution in [3.05, 3.63) is 27.7 Å². The van der Waals surface area contributed by atoms with Crippen molar-refractivity contribution in [3.63, 3.8) is 0 Å². The monoisotopic (exact) mass is 314 g/mol. The largest absolute Gasteiger partial charge is 0.492 e. The third-order valence-corrected chi connectivity index (χ3v) is 5.38. The SMILES string of the molecule is CCOc1cc(Cl)c(C(O)C2C3CCCCC32)cc1Cl. The molecule has 1 N–H and O–H groups in total. The molecule has 2 aliphatic carbocycles. The van der Waals surface area contributed by atoms with E-state index in [9.17, 15) is 5.11 Å². The van der Waals surface area contributed by atoms with Crippen molar-refractivity contribution in [2.24, 2.45) is 17.8 Å². The van der Waals surface area contributed by atoms with E-state index in [0.717, 1.165) is 5.56 Å². The fraction of sp³-hybridized carbons (Fsp3) is 0.625. The highest BCUT2D eigenvalue weighted by Gasteiger charge is 2.54. The first kappa shape index (κ1) is 14.5. The number of aliphatic hydroxyl groups is 1. The number of ether oxygens (including phenoxy) is 1. The Kier molecular flexibility index (Phi) is 4.16. The van der Waals surface area contributed by atoms with Crippen LogP contribution in [0.5, 0.6) is 5.75 Å². The molecule has 0 spiro atoms. The number of aliphatic hydroxyl groups excluding tert-OH is 1. The predicted octanol–water partition coefficient (Wildman–Crippen LogP) is 4.86. The minimum absolute atomic E-state index is 0.365. The summed E-state index contributed by atoms with van der Waals surface area (Å²) in [4.78, 5) is 0. The maximum Gasteiger partial charge on any atom is 0.139 e. The van der Waals surface area contributed by atoms with Gasteiger partial charge in [0.1, 0.15) is 5.75 Å². The van der Waals surface area contributed by atoms with Crippen molar-refractivity contribution < 1.29 is 9.84 Å². The van der Waals surface area contributed by atoms with Crippen molar-refractivity contribution >= 4 is 23.2 Å². The molecule has 0 heterocycles. The molecular formula is C16H20Cl2O2. The molecule has 1 aromatic carbocycles. The zero-order valence-corrected chi connectivity index (χ0v) is 13.1. The molecule has 2 saturated carbocycles. The van der Waals surface area contributed by atoms with Gasteiger partial charge in [-0.15, -0.1) is 0 Å². The molecule has 0 radical (unpaired) electrons. The van der Waals surface area contributed by atoms with Crippen LogP contribution in [0.15, 0.2) is 12.1 Å². The zero-order chi connectivity index (χ0) is 14.3. The van der Waals surface area contributed by atoms with Gasteiger partial charge in [0.05, 0.1) is 22.8 Å². The van der Waals surface area contributed by atoms with Crippen LogP contribution in [0.25, 0.3) is 0 Å². The first-order valence-electron chi connectivity index (χ1n) is 7.43. The number of hydrogen-bond donors (Lipinski definition) is 1. The third-order valence-electron chi connectivity index (χ3n) is 4.76. The van der Waals surface area contributed by atoms with Crippen LogP contribution in [0.1, 0.15) is 44.3 Å². The van der Waals surface area contributed by atoms with Crippen LogP contribution in [0, 0.1) is 17.8 Å². The topological polar surface area (TPSA) is 29.5 Å². The van der Waals surface area contributed by atoms with E-state index in [2.05, 4.69) is 0 Å². The zero-order valence-electron chi connectivity index (χ0n) is 11.6. The molecule has 0 aromatic heterocycles. The number of rotatable bonds is 4. The Morgan fingerprint density at radius 2 is 1.85 bits per heavy atom. The van der Waals surface area contributed by atoms with Crippen molar-refractivity contribution in [2.75, 3.05) is 6.61 Å². The molecule has 0 bridgehead atoms. The lowest BCUT2D eigenvalue weighted by Gasteiger charge is -2.15. The van der Waals surface area contributed by atoms with Gasteiger partial charge in [0.15, 0.2) is 0 Å². The summed E-state index contributed by atoms with van der Waals surface area (Å²) in [5.74, 6) is 2.31. The summed E-state index contributed by atoms with van der Waals surface area (Å²) < 4.78 is 5.42. The van der Waals surface area contributed by atoms with E-state index in [1.165, 1.54) is 25.7 Å². The molecule has 110 valence electrons. The van der Waals surface area contributed by atoms with Crippen LogP contribution < -0.4 is 4.74 Å². The highest BCUT2D eigenvalue weighted by molar-refractivity contribution is 6.34. The molecule has 2 aliphatic rings. The second-order valence-electron chi connectivity index (χ2n) is 5.87. The Bertz CT molecular complexity index is 491. The van der Waals surface area contributed by atoms with Crippen LogP contribution in [0.3, 0.4) is 0 Å². The van der Waals surface area contributed by atoms with Gasteiger partial charge in [0.2, 0.25) is 0 Å². The van der Waals surface area contributed by atoms with Crippen molar-refractivity contribution in [1.82, 2.24) is 0 Å². The lowest BCUT2D eigenvalue weighted by Crippen LogP contribution is -2.04. The first-order chi connectivity index (χ1) is 9.63. The molecular weight excluding hydrogens is 295 g/mol. The Balaban J connectivity index is 1.81. The van der Waals surface area contributed by atoms with E-state index < -0.39 is 6.10 Å². The minimum Gasteiger partial charge on any atom is -0.492 e. The average Bonchev–Trinajstić information content (AvgIpc) is 3.16. The number of benzene rings is 1. The van der Waals surface area contributed by atoms with Gasteiger partial charge >= 0.3 is 0 Å². The molecule has 3 rings (SSSR count). The highest BCUT2D eigenvalue weighted by Crippen LogP contribution is 2.61. The summed E-state index contributed by atoms with van der Waals surface area (Å²) in [6.07, 6.45) is 4.58. The third kappa shape index (κ3) is 2.54. The van der Waals surface area contributed by atoms with Gasteiger partial charge in [0.25, 0.3) is 0 Å². The quantitative estimate of drug-likeness (QED) is 0.859. The summed E-state index contributed by atoms with van der Waals surface area (Å²) in [6.45, 7) is 2.45. The van der Waals surface area contributed by atoms with Gasteiger partial charge in [-0.1, -0.05) is 36.0 Å². The summed E-state index contributed by atoms with van der Waals surface area (Å²) in [5.41, 5.74) is 0.750. The lowest BCUT2D eigenvalue weighted by molar-refractivity contribution is 0.142. The summed E-state index contributed by atoms with van der Waals surface area (Å²) in [7, 11) is 0. The molecule has 20 heavy (non-hydrogen) atoms. The molecule has 2 fully saturated rings. The smallest absolute Gasteiger partial charge is 0.139 e. The molecule has 2 nitrogen and oxygen atoms in total. The Morgan fingerprint density at radius 3 is 2.45 bits per heavy atom. The second kappa shape index (κ2) is 5.75. The van der Waals surface area contributed by atoms with Gasteiger partial charge in [-0.3, -0.25) is 0 Å². The molecule has 1 aromatic rings. The van der Waals surface area contributed by atoms with Gasteiger partial charge in [0, 0.05) is 11.6 Å². The fourth-order valence-corrected chi connectivity index (χ4v) is 4.25. The normalized spacial score (nSPS) is 29.7. The number of fused-ring (bicyclic) bond motifs is 1. The summed E-state index contributed by atoms with van der Waals surface area (Å²) in [5, 5.41) is 11.7. The predicted molar refractivity (Wildman–Crippen MR) is 81.5 cm³/mol. The van der Waals surface area contributed by atoms with Crippen molar-refractivity contribution in [3.8, 4) is 5.75 Å². The second-order valence-corrected chi connectivity index (χ2v) is 6.69. The van der Waals surface area contributed by atoms with Crippen LogP contribution in [-0.2, 0) is 0 Å². The summed E-state index contributed by atoms with van der Waals surface area (Å²) >= 11 is 12.5. The van der Waals surface area contributed by atoms with E-state index >= 15 is 0 Å². The maximum atomic E-state index is 10.6. The van der Waals surface area contributed by atoms with Crippen LogP contribution in [-0.4, -0.2) is 11.7 Å². The number of halogens is 2. The molecule has 0 saturated heterocycles. The average molecular weight is 315 g/mol. The maximum absolute atomic E-state index is 10.6. The van der Waals surface area contributed by atoms with E-state index in [-0.39, 0.29) is 0 Å². The van der Waals surface area contributed by atoms with Crippen LogP contribution >= 0.6 is 23.2 Å². The Morgan fingerprint density at radius 1 is 1.20 bits per heavy atom. The van der Waals surface area contributed by atoms with Crippen molar-refractivity contribution in [1.29, 1.82) is 0 Å². The molecule has 3 unspecified atom stereocenters. The van der Waals surface area contributed by atoms with Crippen LogP contribution in [0.4, 0.5) is 0 Å². The van der Waals surface area contributed by atoms with E-state index in [1.807, 2.05) is 6.92 Å². The number of hydrogen-bond acceptors (Lipinski definition) is 2. The summed E-state index contributed by atoms with van der Waals surface area (Å²) in [6, 6.07) is 3.49. The van der Waals surface area contributed by atoms with Gasteiger partial charge in [-0.25, -0.2) is 0 Å². The molecule has 3 atom stereocenters. The van der Waals surface area contributed by atoms with E-state index in [1.54, 1.807) is 12.1 Å². The van der Waals surface area contributed by atoms with E-state index in [4.69, 9.17) is 27.9 Å². The lowest BCUT2D eigenvalue weighted by atomic mass is 10.0. The highest BCUT2D eigenvalue weighted by atomic mass is 35.5. The van der Waals surface area contributed by atoms with Gasteiger partial charge in [-0.05, 0) is 43.6 Å². The van der Waals surface area contributed by atoms with Crippen LogP contribution in [0.2, 0.25) is 10.0 Å². The van der Waals surface area contributed by atoms with Gasteiger partial charge in [-0.2, -0.15) is 0 Å². The van der Waals surface area contributed by atoms with Gasteiger partial charge < -0.3 is 9.84 Å². The molecule has 0 aliphatic heterocycles. The Labute approximate surface area is 130 Å². The first-order valence-corrected chi connectivity index (χ1v) is 8.19. The fourth-order valence-electron chi connectivity index (χ4n) is 3.76. The standard InChI is InChI=1S/C16H20Cl2O2/c1-2-20-14-8-12(17)11(7-13(14)18)16(19)15-9-5-3-4-6-10(9)15/h7-10,15-16,19H,2-6H2,1H3. The van der Waals surface area contributed by atoms with E-state index in [0.29, 0.717) is 40.2 Å². The molecule has 0 amide bonds. The molecule has 4 heteroatoms. The van der Waals surface area contributed by atoms with Crippen molar-refractivity contribution in [2.45, 2.75) is 38.7 Å². The minimum atomic E-state index is -0.497.